The second-order valence-electron chi connectivity index (χ2n) is 2.67. The Bertz CT molecular complexity index is 363. The molecule has 0 spiro atoms. The summed E-state index contributed by atoms with van der Waals surface area (Å²) in [4.78, 5) is 0. The molecule has 0 unspecified atom stereocenters. The fraction of sp³-hybridized carbons (Fsp3) is 0.0909. The van der Waals surface area contributed by atoms with Crippen LogP contribution < -0.4 is 0 Å². The minimum absolute atomic E-state index is 0.500. The van der Waals surface area contributed by atoms with Crippen LogP contribution in [0.2, 0.25) is 5.02 Å². The van der Waals surface area contributed by atoms with Gasteiger partial charge in [0.2, 0.25) is 0 Å². The van der Waals surface area contributed by atoms with Crippen molar-refractivity contribution in [3.63, 3.8) is 0 Å². The van der Waals surface area contributed by atoms with E-state index >= 15 is 0 Å². The van der Waals surface area contributed by atoms with Crippen molar-refractivity contribution < 1.29 is 0 Å². The van der Waals surface area contributed by atoms with E-state index in [0.717, 1.165) is 11.5 Å². The van der Waals surface area contributed by atoms with Crippen molar-refractivity contribution in [1.82, 2.24) is 0 Å². The van der Waals surface area contributed by atoms with Crippen LogP contribution in [0.1, 0.15) is 18.1 Å². The largest absolute Gasteiger partial charge is 0.192 e. The van der Waals surface area contributed by atoms with E-state index in [9.17, 15) is 0 Å². The van der Waals surface area contributed by atoms with Crippen LogP contribution in [0.4, 0.5) is 0 Å². The maximum Gasteiger partial charge on any atom is 0.101 e. The number of nitriles is 1. The first kappa shape index (κ1) is 9.83. The minimum Gasteiger partial charge on any atom is -0.192 e. The molecule has 65 valence electrons. The zero-order valence-corrected chi connectivity index (χ0v) is 8.10. The van der Waals surface area contributed by atoms with E-state index in [0.29, 0.717) is 10.6 Å². The molecule has 2 heteroatoms. The number of halogens is 1. The van der Waals surface area contributed by atoms with Gasteiger partial charge in [-0.3, -0.25) is 0 Å². The maximum atomic E-state index is 8.73. The fourth-order valence-corrected chi connectivity index (χ4v) is 1.35. The number of nitrogens with zero attached hydrogens (tertiary/aromatic N) is 1. The van der Waals surface area contributed by atoms with Gasteiger partial charge >= 0.3 is 0 Å². The van der Waals surface area contributed by atoms with Crippen molar-refractivity contribution in [2.24, 2.45) is 0 Å². The quantitative estimate of drug-likeness (QED) is 0.702. The smallest absolute Gasteiger partial charge is 0.101 e. The molecule has 1 radical (unpaired) electrons. The highest BCUT2D eigenvalue weighted by Gasteiger charge is 2.09. The van der Waals surface area contributed by atoms with Crippen LogP contribution in [0, 0.1) is 17.2 Å². The summed E-state index contributed by atoms with van der Waals surface area (Å²) in [5.41, 5.74) is 1.37. The van der Waals surface area contributed by atoms with Crippen molar-refractivity contribution in [3.8, 4) is 6.07 Å². The van der Waals surface area contributed by atoms with Gasteiger partial charge in [0.15, 0.2) is 0 Å². The molecule has 0 saturated heterocycles. The van der Waals surface area contributed by atoms with Crippen molar-refractivity contribution in [1.29, 1.82) is 5.26 Å². The molecule has 0 aliphatic carbocycles. The summed E-state index contributed by atoms with van der Waals surface area (Å²) in [6.45, 7) is 5.57. The van der Waals surface area contributed by atoms with Crippen LogP contribution >= 0.6 is 11.6 Å². The molecule has 1 rings (SSSR count). The summed E-state index contributed by atoms with van der Waals surface area (Å²) in [6, 6.07) is 7.42. The molecule has 1 aromatic rings. The zero-order chi connectivity index (χ0) is 9.84. The summed E-state index contributed by atoms with van der Waals surface area (Å²) >= 11 is 5.99. The molecule has 0 fully saturated rings. The molecule has 0 aliphatic rings. The lowest BCUT2D eigenvalue weighted by atomic mass is 9.99. The van der Waals surface area contributed by atoms with E-state index in [1.54, 1.807) is 12.1 Å². The predicted octanol–water partition coefficient (Wildman–Crippen LogP) is 3.34. The standard InChI is InChI=1S/C11H9ClN/c1-3-8(2)10-6-4-5-9(7-13)11(10)12/h3-6H,1H2,2H3. The van der Waals surface area contributed by atoms with Crippen molar-refractivity contribution >= 4 is 11.6 Å². The number of hydrogen-bond acceptors (Lipinski definition) is 1. The third-order valence-electron chi connectivity index (χ3n) is 1.85. The molecule has 0 heterocycles. The summed E-state index contributed by atoms with van der Waals surface area (Å²) in [5.74, 6) is 0.974. The minimum atomic E-state index is 0.500. The monoisotopic (exact) mass is 190 g/mol. The van der Waals surface area contributed by atoms with Crippen molar-refractivity contribution in [2.45, 2.75) is 6.92 Å². The van der Waals surface area contributed by atoms with Gasteiger partial charge in [-0.05, 0) is 11.6 Å². The topological polar surface area (TPSA) is 23.8 Å². The second kappa shape index (κ2) is 4.11. The Balaban J connectivity index is 3.25. The van der Waals surface area contributed by atoms with Crippen LogP contribution in [0.3, 0.4) is 0 Å². The highest BCUT2D eigenvalue weighted by Crippen LogP contribution is 2.26. The Labute approximate surface area is 83.3 Å². The number of allylic oxidation sites excluding steroid dienone is 1. The van der Waals surface area contributed by atoms with E-state index in [2.05, 4.69) is 6.58 Å². The molecule has 0 bridgehead atoms. The summed E-state index contributed by atoms with van der Waals surface area (Å²) < 4.78 is 0. The highest BCUT2D eigenvalue weighted by atomic mass is 35.5. The Morgan fingerprint density at radius 3 is 2.85 bits per heavy atom. The Kier molecular flexibility index (Phi) is 3.11. The SMILES string of the molecule is C=C[C](C)c1cccc(C#N)c1Cl. The first-order valence-corrected chi connectivity index (χ1v) is 4.23. The van der Waals surface area contributed by atoms with E-state index in [-0.39, 0.29) is 0 Å². The van der Waals surface area contributed by atoms with E-state index in [1.165, 1.54) is 0 Å². The Morgan fingerprint density at radius 2 is 2.31 bits per heavy atom. The summed E-state index contributed by atoms with van der Waals surface area (Å²) in [5, 5.41) is 9.23. The van der Waals surface area contributed by atoms with E-state index < -0.39 is 0 Å². The molecule has 1 aromatic carbocycles. The lowest BCUT2D eigenvalue weighted by Crippen LogP contribution is -1.92. The first-order chi connectivity index (χ1) is 6.20. The Morgan fingerprint density at radius 1 is 1.62 bits per heavy atom. The van der Waals surface area contributed by atoms with Gasteiger partial charge in [0.1, 0.15) is 6.07 Å². The van der Waals surface area contributed by atoms with E-state index in [4.69, 9.17) is 16.9 Å². The molecule has 0 aliphatic heterocycles. The molecule has 0 atom stereocenters. The average Bonchev–Trinajstić information content (AvgIpc) is 2.17. The Hall–Kier alpha value is -1.26. The molecular weight excluding hydrogens is 182 g/mol. The van der Waals surface area contributed by atoms with Crippen LogP contribution in [-0.2, 0) is 0 Å². The predicted molar refractivity (Wildman–Crippen MR) is 54.4 cm³/mol. The molecule has 0 saturated carbocycles. The van der Waals surface area contributed by atoms with Crippen molar-refractivity contribution in [2.75, 3.05) is 0 Å². The van der Waals surface area contributed by atoms with Crippen molar-refractivity contribution in [3.05, 3.63) is 52.9 Å². The van der Waals surface area contributed by atoms with Crippen LogP contribution in [-0.4, -0.2) is 0 Å². The maximum absolute atomic E-state index is 8.73. The van der Waals surface area contributed by atoms with Crippen LogP contribution in [0.25, 0.3) is 0 Å². The second-order valence-corrected chi connectivity index (χ2v) is 3.04. The molecule has 0 N–H and O–H groups in total. The molecule has 13 heavy (non-hydrogen) atoms. The number of rotatable bonds is 2. The molecule has 0 aromatic heterocycles. The fourth-order valence-electron chi connectivity index (χ4n) is 1.03. The van der Waals surface area contributed by atoms with Gasteiger partial charge < -0.3 is 0 Å². The summed E-state index contributed by atoms with van der Waals surface area (Å²) in [7, 11) is 0. The molecule has 0 amide bonds. The van der Waals surface area contributed by atoms with Gasteiger partial charge in [-0.2, -0.15) is 5.26 Å². The van der Waals surface area contributed by atoms with E-state index in [1.807, 2.05) is 25.1 Å². The lowest BCUT2D eigenvalue weighted by Gasteiger charge is -2.08. The number of hydrogen-bond donors (Lipinski definition) is 0. The lowest BCUT2D eigenvalue weighted by molar-refractivity contribution is 1.25. The van der Waals surface area contributed by atoms with Gasteiger partial charge in [-0.25, -0.2) is 0 Å². The normalized spacial score (nSPS) is 9.69. The van der Waals surface area contributed by atoms with Crippen LogP contribution in [0.15, 0.2) is 30.9 Å². The highest BCUT2D eigenvalue weighted by molar-refractivity contribution is 6.32. The van der Waals surface area contributed by atoms with Gasteiger partial charge in [0.05, 0.1) is 10.6 Å². The van der Waals surface area contributed by atoms with Crippen LogP contribution in [0.5, 0.6) is 0 Å². The van der Waals surface area contributed by atoms with Gasteiger partial charge in [-0.1, -0.05) is 36.7 Å². The first-order valence-electron chi connectivity index (χ1n) is 3.85. The van der Waals surface area contributed by atoms with Gasteiger partial charge in [0, 0.05) is 5.92 Å². The third kappa shape index (κ3) is 1.91. The number of benzene rings is 1. The average molecular weight is 191 g/mol. The molecule has 1 nitrogen and oxygen atoms in total. The summed E-state index contributed by atoms with van der Waals surface area (Å²) in [6.07, 6.45) is 1.72. The molecular formula is C11H9ClN. The third-order valence-corrected chi connectivity index (χ3v) is 2.26. The zero-order valence-electron chi connectivity index (χ0n) is 7.34. The van der Waals surface area contributed by atoms with Gasteiger partial charge in [0.25, 0.3) is 0 Å². The van der Waals surface area contributed by atoms with Gasteiger partial charge in [-0.15, -0.1) is 6.58 Å².